The molecule has 0 bridgehead atoms. The Morgan fingerprint density at radius 1 is 1.16 bits per heavy atom. The monoisotopic (exact) mass is 451 g/mol. The van der Waals surface area contributed by atoms with Crippen LogP contribution in [0, 0.1) is 18.3 Å². The van der Waals surface area contributed by atoms with E-state index in [-0.39, 0.29) is 29.6 Å². The maximum absolute atomic E-state index is 12.7. The number of amides is 1. The summed E-state index contributed by atoms with van der Waals surface area (Å²) in [7, 11) is 1.62. The number of rotatable bonds is 7. The first-order chi connectivity index (χ1) is 15.4. The zero-order chi connectivity index (χ0) is 23.3. The topological polar surface area (TPSA) is 93.4 Å². The number of hydrogen-bond acceptors (Lipinski definition) is 5. The minimum Gasteiger partial charge on any atom is -0.496 e. The predicted molar refractivity (Wildman–Crippen MR) is 122 cm³/mol. The molecule has 164 valence electrons. The van der Waals surface area contributed by atoms with Crippen LogP contribution in [0.2, 0.25) is 5.15 Å². The highest BCUT2D eigenvalue weighted by atomic mass is 35.5. The second-order valence-corrected chi connectivity index (χ2v) is 7.31. The molecule has 0 fully saturated rings. The van der Waals surface area contributed by atoms with Crippen LogP contribution in [-0.2, 0) is 9.53 Å². The number of aryl methyl sites for hydroxylation is 1. The van der Waals surface area contributed by atoms with Crippen LogP contribution in [-0.4, -0.2) is 30.2 Å². The van der Waals surface area contributed by atoms with Crippen LogP contribution in [0.3, 0.4) is 0 Å². The summed E-state index contributed by atoms with van der Waals surface area (Å²) in [6, 6.07) is 16.6. The first-order valence-corrected chi connectivity index (χ1v) is 10.3. The van der Waals surface area contributed by atoms with Crippen molar-refractivity contribution in [3.05, 3.63) is 64.9 Å². The normalized spacial score (nSPS) is 10.3. The number of ether oxygens (including phenoxy) is 2. The molecule has 1 heterocycles. The van der Waals surface area contributed by atoms with Crippen LogP contribution in [0.15, 0.2) is 48.5 Å². The van der Waals surface area contributed by atoms with Crippen molar-refractivity contribution >= 4 is 29.2 Å². The van der Waals surface area contributed by atoms with Gasteiger partial charge in [-0.15, -0.1) is 0 Å². The Bertz CT molecular complexity index is 1190. The molecule has 7 nitrogen and oxygen atoms in total. The molecule has 0 saturated heterocycles. The second-order valence-electron chi connectivity index (χ2n) is 6.92. The van der Waals surface area contributed by atoms with E-state index < -0.39 is 11.9 Å². The third kappa shape index (κ3) is 4.76. The first-order valence-electron chi connectivity index (χ1n) is 9.90. The number of carbonyl (C=O) groups is 2. The molecular weight excluding hydrogens is 430 g/mol. The van der Waals surface area contributed by atoms with Crippen molar-refractivity contribution in [1.82, 2.24) is 4.57 Å². The second kappa shape index (κ2) is 10.0. The summed E-state index contributed by atoms with van der Waals surface area (Å²) in [5.41, 5.74) is 3.82. The van der Waals surface area contributed by atoms with Gasteiger partial charge >= 0.3 is 5.97 Å². The van der Waals surface area contributed by atoms with Gasteiger partial charge in [-0.2, -0.15) is 5.26 Å². The van der Waals surface area contributed by atoms with Gasteiger partial charge in [0.1, 0.15) is 17.3 Å². The fraction of sp³-hybridized carbons (Fsp3) is 0.208. The number of methoxy groups -OCH3 is 1. The van der Waals surface area contributed by atoms with Crippen LogP contribution in [0.25, 0.3) is 16.8 Å². The maximum atomic E-state index is 12.7. The number of nitrogens with one attached hydrogen (secondary N) is 1. The van der Waals surface area contributed by atoms with Gasteiger partial charge in [0.05, 0.1) is 25.5 Å². The van der Waals surface area contributed by atoms with Crippen LogP contribution in [0.4, 0.5) is 5.69 Å². The molecule has 0 saturated carbocycles. The summed E-state index contributed by atoms with van der Waals surface area (Å²) in [5, 5.41) is 11.5. The van der Waals surface area contributed by atoms with E-state index in [1.807, 2.05) is 49.4 Å². The van der Waals surface area contributed by atoms with Crippen molar-refractivity contribution in [2.24, 2.45) is 0 Å². The molecule has 1 amide bonds. The average molecular weight is 452 g/mol. The zero-order valence-corrected chi connectivity index (χ0v) is 18.7. The molecule has 3 aromatic rings. The standard InChI is InChI=1S/C24H22ClN3O4/c1-4-32-24(30)23-19(27-22(29)11-12-26)14-21(25)28(23)17-8-6-16(7-9-17)18-13-15(2)5-10-20(18)31-3/h5-10,13-14H,4,11H2,1-3H3,(H,27,29). The summed E-state index contributed by atoms with van der Waals surface area (Å²) < 4.78 is 12.1. The number of anilines is 1. The highest BCUT2D eigenvalue weighted by Gasteiger charge is 2.24. The van der Waals surface area contributed by atoms with E-state index in [0.717, 1.165) is 22.4 Å². The Hall–Kier alpha value is -3.76. The van der Waals surface area contributed by atoms with E-state index in [1.54, 1.807) is 20.1 Å². The molecule has 1 aromatic heterocycles. The smallest absolute Gasteiger partial charge is 0.357 e. The molecule has 8 heteroatoms. The summed E-state index contributed by atoms with van der Waals surface area (Å²) >= 11 is 6.43. The minimum atomic E-state index is -0.643. The summed E-state index contributed by atoms with van der Waals surface area (Å²) in [6.45, 7) is 3.84. The lowest BCUT2D eigenvalue weighted by Gasteiger charge is -2.14. The summed E-state index contributed by atoms with van der Waals surface area (Å²) in [4.78, 5) is 24.6. The molecule has 3 rings (SSSR count). The van der Waals surface area contributed by atoms with Crippen molar-refractivity contribution in [1.29, 1.82) is 5.26 Å². The number of carbonyl (C=O) groups excluding carboxylic acids is 2. The molecule has 0 aliphatic rings. The summed E-state index contributed by atoms with van der Waals surface area (Å²) in [6.07, 6.45) is -0.349. The number of aromatic nitrogens is 1. The van der Waals surface area contributed by atoms with Gasteiger partial charge in [0.2, 0.25) is 5.91 Å². The summed E-state index contributed by atoms with van der Waals surface area (Å²) in [5.74, 6) is -0.443. The molecule has 0 aliphatic heterocycles. The molecular formula is C24H22ClN3O4. The number of nitriles is 1. The molecule has 2 aromatic carbocycles. The fourth-order valence-electron chi connectivity index (χ4n) is 3.33. The minimum absolute atomic E-state index is 0.0732. The average Bonchev–Trinajstić information content (AvgIpc) is 3.09. The molecule has 0 spiro atoms. The largest absolute Gasteiger partial charge is 0.496 e. The lowest BCUT2D eigenvalue weighted by atomic mass is 10.0. The highest BCUT2D eigenvalue weighted by molar-refractivity contribution is 6.31. The van der Waals surface area contributed by atoms with Crippen molar-refractivity contribution in [3.63, 3.8) is 0 Å². The number of benzene rings is 2. The Balaban J connectivity index is 2.06. The van der Waals surface area contributed by atoms with Gasteiger partial charge in [-0.05, 0) is 49.7 Å². The van der Waals surface area contributed by atoms with Crippen molar-refractivity contribution in [3.8, 4) is 28.6 Å². The number of nitrogens with zero attached hydrogens (tertiary/aromatic N) is 2. The lowest BCUT2D eigenvalue weighted by Crippen LogP contribution is -2.17. The molecule has 0 atom stereocenters. The lowest BCUT2D eigenvalue weighted by molar-refractivity contribution is -0.115. The van der Waals surface area contributed by atoms with Gasteiger partial charge in [0, 0.05) is 11.3 Å². The Labute approximate surface area is 191 Å². The van der Waals surface area contributed by atoms with Crippen LogP contribution in [0.1, 0.15) is 29.4 Å². The van der Waals surface area contributed by atoms with E-state index in [2.05, 4.69) is 5.32 Å². The van der Waals surface area contributed by atoms with Gasteiger partial charge in [-0.3, -0.25) is 9.36 Å². The van der Waals surface area contributed by atoms with Crippen LogP contribution >= 0.6 is 11.6 Å². The van der Waals surface area contributed by atoms with Crippen LogP contribution in [0.5, 0.6) is 5.75 Å². The first kappa shape index (κ1) is 22.9. The van der Waals surface area contributed by atoms with E-state index >= 15 is 0 Å². The molecule has 0 radical (unpaired) electrons. The quantitative estimate of drug-likeness (QED) is 0.502. The molecule has 0 aliphatic carbocycles. The van der Waals surface area contributed by atoms with Crippen molar-refractivity contribution in [2.75, 3.05) is 19.0 Å². The van der Waals surface area contributed by atoms with Crippen LogP contribution < -0.4 is 10.1 Å². The fourth-order valence-corrected chi connectivity index (χ4v) is 3.62. The van der Waals surface area contributed by atoms with E-state index in [1.165, 1.54) is 10.6 Å². The van der Waals surface area contributed by atoms with Gasteiger partial charge in [-0.25, -0.2) is 4.79 Å². The van der Waals surface area contributed by atoms with Gasteiger partial charge < -0.3 is 14.8 Å². The Morgan fingerprint density at radius 3 is 2.50 bits per heavy atom. The third-order valence-electron chi connectivity index (χ3n) is 4.73. The van der Waals surface area contributed by atoms with E-state index in [0.29, 0.717) is 5.69 Å². The predicted octanol–water partition coefficient (Wildman–Crippen LogP) is 5.14. The zero-order valence-electron chi connectivity index (χ0n) is 17.9. The van der Waals surface area contributed by atoms with Gasteiger partial charge in [0.15, 0.2) is 5.69 Å². The molecule has 0 unspecified atom stereocenters. The van der Waals surface area contributed by atoms with Gasteiger partial charge in [0.25, 0.3) is 0 Å². The Kier molecular flexibility index (Phi) is 7.18. The molecule has 32 heavy (non-hydrogen) atoms. The van der Waals surface area contributed by atoms with E-state index in [9.17, 15) is 9.59 Å². The van der Waals surface area contributed by atoms with Crippen molar-refractivity contribution in [2.45, 2.75) is 20.3 Å². The Morgan fingerprint density at radius 2 is 1.88 bits per heavy atom. The van der Waals surface area contributed by atoms with Gasteiger partial charge in [-0.1, -0.05) is 35.4 Å². The number of hydrogen-bond donors (Lipinski definition) is 1. The molecule has 1 N–H and O–H groups in total. The van der Waals surface area contributed by atoms with Crippen molar-refractivity contribution < 1.29 is 19.1 Å². The highest BCUT2D eigenvalue weighted by Crippen LogP contribution is 2.34. The number of halogens is 1. The maximum Gasteiger partial charge on any atom is 0.357 e. The number of esters is 1. The van der Waals surface area contributed by atoms with E-state index in [4.69, 9.17) is 26.3 Å². The third-order valence-corrected chi connectivity index (χ3v) is 5.01. The SMILES string of the molecule is CCOC(=O)c1c(NC(=O)CC#N)cc(Cl)n1-c1ccc(-c2cc(C)ccc2OC)cc1.